The van der Waals surface area contributed by atoms with Crippen LogP contribution in [0.1, 0.15) is 31.3 Å². The molecule has 2 rings (SSSR count). The summed E-state index contributed by atoms with van der Waals surface area (Å²) in [5.41, 5.74) is 5.84. The molecule has 22 heavy (non-hydrogen) atoms. The van der Waals surface area contributed by atoms with Crippen molar-refractivity contribution in [2.75, 3.05) is 0 Å². The van der Waals surface area contributed by atoms with E-state index in [2.05, 4.69) is 15.5 Å². The van der Waals surface area contributed by atoms with Gasteiger partial charge in [-0.1, -0.05) is 30.3 Å². The molecule has 0 bridgehead atoms. The van der Waals surface area contributed by atoms with Crippen LogP contribution in [-0.2, 0) is 17.4 Å². The molecule has 0 spiro atoms. The monoisotopic (exact) mass is 345 g/mol. The number of nitrogens with zero attached hydrogens (tertiary/aromatic N) is 3. The second kappa shape index (κ2) is 8.12. The van der Waals surface area contributed by atoms with E-state index in [1.54, 1.807) is 17.8 Å². The van der Waals surface area contributed by atoms with Crippen LogP contribution < -0.4 is 11.1 Å². The summed E-state index contributed by atoms with van der Waals surface area (Å²) >= 11 is 0. The minimum absolute atomic E-state index is 0. The van der Waals surface area contributed by atoms with Crippen LogP contribution >= 0.6 is 24.8 Å². The third-order valence-electron chi connectivity index (χ3n) is 3.33. The average Bonchev–Trinajstić information content (AvgIpc) is 2.86. The van der Waals surface area contributed by atoms with Gasteiger partial charge in [-0.15, -0.1) is 35.0 Å². The third-order valence-corrected chi connectivity index (χ3v) is 3.33. The molecule has 0 aliphatic rings. The molecule has 1 heterocycles. The van der Waals surface area contributed by atoms with Crippen molar-refractivity contribution in [3.8, 4) is 0 Å². The summed E-state index contributed by atoms with van der Waals surface area (Å²) in [4.78, 5) is 12.4. The normalized spacial score (nSPS) is 14.0. The number of amides is 1. The van der Waals surface area contributed by atoms with Crippen molar-refractivity contribution >= 4 is 30.7 Å². The highest BCUT2D eigenvalue weighted by Gasteiger charge is 2.31. The van der Waals surface area contributed by atoms with Crippen LogP contribution in [0.2, 0.25) is 0 Å². The Labute approximate surface area is 142 Å². The average molecular weight is 346 g/mol. The van der Waals surface area contributed by atoms with Crippen LogP contribution in [0.4, 0.5) is 0 Å². The van der Waals surface area contributed by atoms with Gasteiger partial charge in [0.2, 0.25) is 5.91 Å². The van der Waals surface area contributed by atoms with Crippen LogP contribution in [0.15, 0.2) is 36.7 Å². The molecule has 2 atom stereocenters. The fraction of sp³-hybridized carbons (Fsp3) is 0.357. The lowest BCUT2D eigenvalue weighted by molar-refractivity contribution is -0.126. The van der Waals surface area contributed by atoms with Crippen molar-refractivity contribution in [3.63, 3.8) is 0 Å². The van der Waals surface area contributed by atoms with E-state index in [0.717, 1.165) is 5.56 Å². The van der Waals surface area contributed by atoms with Gasteiger partial charge in [0.05, 0.1) is 6.04 Å². The number of hydrogen-bond acceptors (Lipinski definition) is 4. The van der Waals surface area contributed by atoms with Gasteiger partial charge in [0, 0.05) is 7.05 Å². The molecular weight excluding hydrogens is 325 g/mol. The molecule has 0 radical (unpaired) electrons. The maximum atomic E-state index is 12.4. The highest BCUT2D eigenvalue weighted by molar-refractivity contribution is 5.87. The summed E-state index contributed by atoms with van der Waals surface area (Å²) in [6, 6.07) is 9.03. The number of carbonyl (C=O) groups is 1. The van der Waals surface area contributed by atoms with Crippen molar-refractivity contribution in [2.24, 2.45) is 12.8 Å². The fourth-order valence-electron chi connectivity index (χ4n) is 2.01. The van der Waals surface area contributed by atoms with Gasteiger partial charge in [-0.2, -0.15) is 0 Å². The van der Waals surface area contributed by atoms with E-state index in [1.807, 2.05) is 44.3 Å². The molecule has 2 aromatic rings. The molecule has 3 N–H and O–H groups in total. The highest BCUT2D eigenvalue weighted by atomic mass is 35.5. The maximum Gasteiger partial charge on any atom is 0.244 e. The van der Waals surface area contributed by atoms with E-state index in [9.17, 15) is 4.79 Å². The molecule has 1 aromatic carbocycles. The van der Waals surface area contributed by atoms with Crippen molar-refractivity contribution in [2.45, 2.75) is 25.4 Å². The van der Waals surface area contributed by atoms with Gasteiger partial charge in [0.15, 0.2) is 5.82 Å². The van der Waals surface area contributed by atoms with Crippen molar-refractivity contribution in [1.29, 1.82) is 0 Å². The number of aryl methyl sites for hydroxylation is 1. The number of nitrogens with two attached hydrogens (primary N) is 1. The molecule has 8 heteroatoms. The van der Waals surface area contributed by atoms with Gasteiger partial charge in [0.25, 0.3) is 0 Å². The van der Waals surface area contributed by atoms with E-state index in [-0.39, 0.29) is 36.8 Å². The number of halogens is 2. The Morgan fingerprint density at radius 1 is 1.32 bits per heavy atom. The first kappa shape index (κ1) is 20.4. The highest BCUT2D eigenvalue weighted by Crippen LogP contribution is 2.19. The minimum Gasteiger partial charge on any atom is -0.344 e. The fourth-order valence-corrected chi connectivity index (χ4v) is 2.01. The minimum atomic E-state index is -1.09. The quantitative estimate of drug-likeness (QED) is 0.883. The van der Waals surface area contributed by atoms with Gasteiger partial charge in [-0.3, -0.25) is 4.79 Å². The van der Waals surface area contributed by atoms with Gasteiger partial charge in [-0.05, 0) is 19.4 Å². The van der Waals surface area contributed by atoms with E-state index in [0.29, 0.717) is 5.82 Å². The summed E-state index contributed by atoms with van der Waals surface area (Å²) in [5, 5.41) is 10.7. The topological polar surface area (TPSA) is 85.8 Å². The zero-order valence-electron chi connectivity index (χ0n) is 12.7. The van der Waals surface area contributed by atoms with Crippen LogP contribution in [-0.4, -0.2) is 20.7 Å². The first-order valence-electron chi connectivity index (χ1n) is 6.42. The van der Waals surface area contributed by atoms with Crippen molar-refractivity contribution < 1.29 is 4.79 Å². The van der Waals surface area contributed by atoms with Crippen LogP contribution in [0, 0.1) is 0 Å². The number of aromatic nitrogens is 3. The summed E-state index contributed by atoms with van der Waals surface area (Å²) in [6.45, 7) is 3.55. The number of nitrogens with one attached hydrogen (secondary N) is 1. The molecule has 122 valence electrons. The largest absolute Gasteiger partial charge is 0.344 e. The summed E-state index contributed by atoms with van der Waals surface area (Å²) in [5.74, 6) is 0.432. The van der Waals surface area contributed by atoms with E-state index < -0.39 is 5.54 Å². The van der Waals surface area contributed by atoms with Crippen LogP contribution in [0.5, 0.6) is 0 Å². The molecular formula is C14H21Cl2N5O. The Balaban J connectivity index is 0.00000220. The standard InChI is InChI=1S/C14H19N5O.2ClH/c1-10(12-18-16-9-19(12)3)17-13(20)14(2,15)11-7-5-4-6-8-11;;/h4-10H,15H2,1-3H3,(H,17,20);2*1H. The Bertz CT molecular complexity index is 600. The zero-order chi connectivity index (χ0) is 14.8. The molecule has 0 aliphatic carbocycles. The van der Waals surface area contributed by atoms with Crippen molar-refractivity contribution in [1.82, 2.24) is 20.1 Å². The summed E-state index contributed by atoms with van der Waals surface area (Å²) in [7, 11) is 1.83. The predicted molar refractivity (Wildman–Crippen MR) is 90.0 cm³/mol. The molecule has 0 saturated heterocycles. The van der Waals surface area contributed by atoms with E-state index >= 15 is 0 Å². The zero-order valence-corrected chi connectivity index (χ0v) is 14.3. The lowest BCUT2D eigenvalue weighted by atomic mass is 9.92. The second-order valence-electron chi connectivity index (χ2n) is 5.06. The van der Waals surface area contributed by atoms with Gasteiger partial charge in [-0.25, -0.2) is 0 Å². The number of carbonyl (C=O) groups excluding carboxylic acids is 1. The smallest absolute Gasteiger partial charge is 0.244 e. The number of benzene rings is 1. The van der Waals surface area contributed by atoms with E-state index in [4.69, 9.17) is 5.73 Å². The van der Waals surface area contributed by atoms with Gasteiger partial charge in [0.1, 0.15) is 11.9 Å². The predicted octanol–water partition coefficient (Wildman–Crippen LogP) is 1.71. The Hall–Kier alpha value is -1.63. The number of rotatable bonds is 4. The van der Waals surface area contributed by atoms with Gasteiger partial charge >= 0.3 is 0 Å². The lowest BCUT2D eigenvalue weighted by Crippen LogP contribution is -2.49. The molecule has 6 nitrogen and oxygen atoms in total. The first-order chi connectivity index (χ1) is 9.43. The molecule has 0 aliphatic heterocycles. The maximum absolute atomic E-state index is 12.4. The van der Waals surface area contributed by atoms with Gasteiger partial charge < -0.3 is 15.6 Å². The Morgan fingerprint density at radius 2 is 1.91 bits per heavy atom. The second-order valence-corrected chi connectivity index (χ2v) is 5.06. The third kappa shape index (κ3) is 4.19. The molecule has 1 amide bonds. The number of hydrogen-bond donors (Lipinski definition) is 2. The molecule has 1 aromatic heterocycles. The lowest BCUT2D eigenvalue weighted by Gasteiger charge is -2.26. The molecule has 2 unspecified atom stereocenters. The van der Waals surface area contributed by atoms with Crippen LogP contribution in [0.25, 0.3) is 0 Å². The molecule has 0 saturated carbocycles. The van der Waals surface area contributed by atoms with Crippen LogP contribution in [0.3, 0.4) is 0 Å². The Morgan fingerprint density at radius 3 is 2.41 bits per heavy atom. The first-order valence-corrected chi connectivity index (χ1v) is 6.42. The van der Waals surface area contributed by atoms with E-state index in [1.165, 1.54) is 0 Å². The summed E-state index contributed by atoms with van der Waals surface area (Å²) in [6.07, 6.45) is 1.59. The Kier molecular flexibility index (Phi) is 7.52. The SMILES string of the molecule is CC(NC(=O)C(C)(N)c1ccccc1)c1nncn1C.Cl.Cl. The molecule has 0 fully saturated rings. The summed E-state index contributed by atoms with van der Waals surface area (Å²) < 4.78 is 1.77. The van der Waals surface area contributed by atoms with Crippen molar-refractivity contribution in [3.05, 3.63) is 48.0 Å².